The third-order valence-corrected chi connectivity index (χ3v) is 4.39. The van der Waals surface area contributed by atoms with E-state index in [9.17, 15) is 9.59 Å². The standard InChI is InChI=1S/C17H24N6O3/c1-10(2)19-17(25)26-12-5-4-11(6-12)13-7-15(22-21-13)20-16(24)14-8-18-9-23(14)3/h7-12H,4-6H2,1-3H3,(H,19,25)(H2,20,21,22,24)/t11-,12+/m0/s1. The Morgan fingerprint density at radius 1 is 1.38 bits per heavy atom. The van der Waals surface area contributed by atoms with Crippen LogP contribution in [0.1, 0.15) is 55.2 Å². The maximum atomic E-state index is 12.2. The summed E-state index contributed by atoms with van der Waals surface area (Å²) < 4.78 is 7.09. The number of H-pyrrole nitrogens is 1. The Labute approximate surface area is 151 Å². The molecule has 0 spiro atoms. The molecule has 1 aliphatic carbocycles. The molecular formula is C17H24N6O3. The van der Waals surface area contributed by atoms with Gasteiger partial charge in [0, 0.05) is 30.8 Å². The molecular weight excluding hydrogens is 336 g/mol. The fourth-order valence-corrected chi connectivity index (χ4v) is 3.12. The minimum atomic E-state index is -0.376. The smallest absolute Gasteiger partial charge is 0.407 e. The summed E-state index contributed by atoms with van der Waals surface area (Å²) in [4.78, 5) is 27.8. The van der Waals surface area contributed by atoms with Crippen molar-refractivity contribution in [2.75, 3.05) is 5.32 Å². The average Bonchev–Trinajstić information content (AvgIpc) is 3.27. The number of ether oxygens (including phenoxy) is 1. The molecule has 0 bridgehead atoms. The number of anilines is 1. The first-order valence-corrected chi connectivity index (χ1v) is 8.72. The summed E-state index contributed by atoms with van der Waals surface area (Å²) in [6.07, 6.45) is 5.04. The van der Waals surface area contributed by atoms with Crippen LogP contribution in [0.3, 0.4) is 0 Å². The van der Waals surface area contributed by atoms with Crippen molar-refractivity contribution in [3.05, 3.63) is 30.0 Å². The third kappa shape index (κ3) is 4.22. The summed E-state index contributed by atoms with van der Waals surface area (Å²) in [6, 6.07) is 1.88. The van der Waals surface area contributed by atoms with Crippen molar-refractivity contribution in [2.45, 2.75) is 51.2 Å². The molecule has 9 nitrogen and oxygen atoms in total. The summed E-state index contributed by atoms with van der Waals surface area (Å²) in [5.74, 6) is 0.427. The van der Waals surface area contributed by atoms with Crippen LogP contribution < -0.4 is 10.6 Å². The minimum Gasteiger partial charge on any atom is -0.446 e. The first kappa shape index (κ1) is 18.0. The molecule has 0 unspecified atom stereocenters. The molecule has 9 heteroatoms. The van der Waals surface area contributed by atoms with Crippen molar-refractivity contribution in [1.82, 2.24) is 25.1 Å². The number of alkyl carbamates (subject to hydrolysis) is 1. The molecule has 0 saturated heterocycles. The van der Waals surface area contributed by atoms with Gasteiger partial charge in [-0.2, -0.15) is 5.10 Å². The van der Waals surface area contributed by atoms with Crippen LogP contribution in [0, 0.1) is 0 Å². The lowest BCUT2D eigenvalue weighted by atomic mass is 10.0. The number of aromatic nitrogens is 4. The van der Waals surface area contributed by atoms with Gasteiger partial charge in [-0.25, -0.2) is 9.78 Å². The van der Waals surface area contributed by atoms with Crippen LogP contribution in [-0.2, 0) is 11.8 Å². The zero-order valence-corrected chi connectivity index (χ0v) is 15.2. The molecule has 3 rings (SSSR count). The molecule has 0 radical (unpaired) electrons. The number of carbonyl (C=O) groups excluding carboxylic acids is 2. The number of hydrogen-bond acceptors (Lipinski definition) is 5. The summed E-state index contributed by atoms with van der Waals surface area (Å²) in [5, 5.41) is 12.6. The number of carbonyl (C=O) groups is 2. The fraction of sp³-hybridized carbons (Fsp3) is 0.529. The summed E-state index contributed by atoms with van der Waals surface area (Å²) in [6.45, 7) is 3.79. The fourth-order valence-electron chi connectivity index (χ4n) is 3.12. The lowest BCUT2D eigenvalue weighted by molar-refractivity contribution is 0.0979. The molecule has 1 fully saturated rings. The number of imidazole rings is 1. The maximum Gasteiger partial charge on any atom is 0.407 e. The van der Waals surface area contributed by atoms with E-state index in [0.717, 1.165) is 25.0 Å². The molecule has 2 amide bonds. The van der Waals surface area contributed by atoms with Crippen molar-refractivity contribution >= 4 is 17.8 Å². The van der Waals surface area contributed by atoms with Gasteiger partial charge in [0.1, 0.15) is 11.8 Å². The van der Waals surface area contributed by atoms with Gasteiger partial charge in [-0.05, 0) is 33.1 Å². The highest BCUT2D eigenvalue weighted by molar-refractivity contribution is 6.02. The molecule has 0 aliphatic heterocycles. The van der Waals surface area contributed by atoms with E-state index in [1.165, 1.54) is 6.20 Å². The number of hydrogen-bond donors (Lipinski definition) is 3. The van der Waals surface area contributed by atoms with Gasteiger partial charge >= 0.3 is 6.09 Å². The van der Waals surface area contributed by atoms with Crippen LogP contribution in [0.2, 0.25) is 0 Å². The van der Waals surface area contributed by atoms with Crippen molar-refractivity contribution in [2.24, 2.45) is 7.05 Å². The van der Waals surface area contributed by atoms with E-state index in [1.807, 2.05) is 19.9 Å². The maximum absolute atomic E-state index is 12.2. The highest BCUT2D eigenvalue weighted by Crippen LogP contribution is 2.35. The van der Waals surface area contributed by atoms with Gasteiger partial charge in [0.15, 0.2) is 5.82 Å². The minimum absolute atomic E-state index is 0.0536. The van der Waals surface area contributed by atoms with Gasteiger partial charge in [0.2, 0.25) is 0 Å². The second kappa shape index (κ2) is 7.59. The summed E-state index contributed by atoms with van der Waals surface area (Å²) in [7, 11) is 1.76. The van der Waals surface area contributed by atoms with Crippen LogP contribution in [0.5, 0.6) is 0 Å². The number of aromatic amines is 1. The Balaban J connectivity index is 1.54. The largest absolute Gasteiger partial charge is 0.446 e. The average molecular weight is 360 g/mol. The van der Waals surface area contributed by atoms with Crippen molar-refractivity contribution < 1.29 is 14.3 Å². The first-order valence-electron chi connectivity index (χ1n) is 8.72. The first-order chi connectivity index (χ1) is 12.4. The number of aryl methyl sites for hydroxylation is 1. The van der Waals surface area contributed by atoms with Gasteiger partial charge in [-0.1, -0.05) is 0 Å². The second-order valence-corrected chi connectivity index (χ2v) is 6.89. The Morgan fingerprint density at radius 2 is 2.19 bits per heavy atom. The van der Waals surface area contributed by atoms with Gasteiger partial charge in [0.25, 0.3) is 5.91 Å². The highest BCUT2D eigenvalue weighted by atomic mass is 16.6. The molecule has 2 aromatic heterocycles. The predicted octanol–water partition coefficient (Wildman–Crippen LogP) is 2.17. The third-order valence-electron chi connectivity index (χ3n) is 4.39. The van der Waals surface area contributed by atoms with Crippen molar-refractivity contribution in [1.29, 1.82) is 0 Å². The van der Waals surface area contributed by atoms with E-state index in [-0.39, 0.29) is 30.1 Å². The number of rotatable bonds is 5. The topological polar surface area (TPSA) is 114 Å². The Morgan fingerprint density at radius 3 is 2.88 bits per heavy atom. The van der Waals surface area contributed by atoms with E-state index in [2.05, 4.69) is 25.8 Å². The lowest BCUT2D eigenvalue weighted by Gasteiger charge is -2.14. The lowest BCUT2D eigenvalue weighted by Crippen LogP contribution is -2.33. The Bertz CT molecular complexity index is 781. The number of nitrogens with one attached hydrogen (secondary N) is 3. The van der Waals surface area contributed by atoms with E-state index in [0.29, 0.717) is 11.5 Å². The molecule has 1 saturated carbocycles. The SMILES string of the molecule is CC(C)NC(=O)O[C@@H]1CC[C@H](c2cc(NC(=O)c3cncn3C)n[nH]2)C1. The Hall–Kier alpha value is -2.84. The van der Waals surface area contributed by atoms with E-state index in [4.69, 9.17) is 4.74 Å². The van der Waals surface area contributed by atoms with Gasteiger partial charge in [-0.15, -0.1) is 0 Å². The number of nitrogens with zero attached hydrogens (tertiary/aromatic N) is 3. The molecule has 2 aromatic rings. The second-order valence-electron chi connectivity index (χ2n) is 6.89. The Kier molecular flexibility index (Phi) is 5.24. The van der Waals surface area contributed by atoms with E-state index < -0.39 is 0 Å². The predicted molar refractivity (Wildman–Crippen MR) is 94.9 cm³/mol. The zero-order chi connectivity index (χ0) is 18.7. The van der Waals surface area contributed by atoms with Crippen LogP contribution in [0.25, 0.3) is 0 Å². The van der Waals surface area contributed by atoms with Crippen LogP contribution in [-0.4, -0.2) is 43.9 Å². The number of amides is 2. The van der Waals surface area contributed by atoms with E-state index in [1.54, 1.807) is 17.9 Å². The molecule has 0 aromatic carbocycles. The zero-order valence-electron chi connectivity index (χ0n) is 15.2. The van der Waals surface area contributed by atoms with E-state index >= 15 is 0 Å². The van der Waals surface area contributed by atoms with Crippen LogP contribution in [0.15, 0.2) is 18.6 Å². The molecule has 1 aliphatic rings. The molecule has 140 valence electrons. The highest BCUT2D eigenvalue weighted by Gasteiger charge is 2.30. The molecule has 2 heterocycles. The van der Waals surface area contributed by atoms with Crippen LogP contribution in [0.4, 0.5) is 10.6 Å². The molecule has 26 heavy (non-hydrogen) atoms. The van der Waals surface area contributed by atoms with Gasteiger partial charge in [0.05, 0.1) is 12.5 Å². The quantitative estimate of drug-likeness (QED) is 0.756. The summed E-state index contributed by atoms with van der Waals surface area (Å²) in [5.41, 5.74) is 1.39. The van der Waals surface area contributed by atoms with Gasteiger partial charge < -0.3 is 19.9 Å². The monoisotopic (exact) mass is 360 g/mol. The van der Waals surface area contributed by atoms with Crippen molar-refractivity contribution in [3.63, 3.8) is 0 Å². The molecule has 3 N–H and O–H groups in total. The van der Waals surface area contributed by atoms with Crippen LogP contribution >= 0.6 is 0 Å². The summed E-state index contributed by atoms with van der Waals surface area (Å²) >= 11 is 0. The normalized spacial score (nSPS) is 19.5. The van der Waals surface area contributed by atoms with Gasteiger partial charge in [-0.3, -0.25) is 9.89 Å². The van der Waals surface area contributed by atoms with Crippen molar-refractivity contribution in [3.8, 4) is 0 Å². The molecule has 2 atom stereocenters.